The van der Waals surface area contributed by atoms with Crippen LogP contribution in [0.25, 0.3) is 0 Å². The molecule has 2 aromatic heterocycles. The Hall–Kier alpha value is -2.58. The number of hydrogen-bond donors (Lipinski definition) is 1. The highest BCUT2D eigenvalue weighted by Gasteiger charge is 2.14. The molecular weight excluding hydrogens is 479 g/mol. The van der Waals surface area contributed by atoms with Crippen molar-refractivity contribution < 1.29 is 9.53 Å². The largest absolute Gasteiger partial charge is 0.487 e. The highest BCUT2D eigenvalue weighted by molar-refractivity contribution is 7.12. The van der Waals surface area contributed by atoms with Gasteiger partial charge >= 0.3 is 0 Å². The molecule has 4 rings (SSSR count). The topological polar surface area (TPSA) is 69.0 Å². The van der Waals surface area contributed by atoms with Crippen LogP contribution < -0.4 is 10.1 Å². The van der Waals surface area contributed by atoms with Gasteiger partial charge in [0.1, 0.15) is 18.7 Å². The molecule has 31 heavy (non-hydrogen) atoms. The monoisotopic (exact) mass is 492 g/mol. The number of para-hydroxylation sites is 1. The minimum Gasteiger partial charge on any atom is -0.487 e. The molecule has 0 aliphatic carbocycles. The molecule has 1 N–H and O–H groups in total. The molecule has 2 heterocycles. The molecule has 0 saturated heterocycles. The summed E-state index contributed by atoms with van der Waals surface area (Å²) >= 11 is 19.8. The summed E-state index contributed by atoms with van der Waals surface area (Å²) in [5, 5.41) is 10.4. The van der Waals surface area contributed by atoms with Crippen LogP contribution in [0, 0.1) is 0 Å². The molecule has 0 aliphatic heterocycles. The molecule has 0 saturated carbocycles. The number of amides is 1. The second kappa shape index (κ2) is 9.70. The van der Waals surface area contributed by atoms with Crippen LogP contribution in [0.4, 0.5) is 5.95 Å². The Bertz CT molecular complexity index is 1200. The second-order valence-corrected chi connectivity index (χ2v) is 8.59. The molecule has 2 aromatic carbocycles. The molecule has 1 amide bonds. The van der Waals surface area contributed by atoms with Gasteiger partial charge in [0.2, 0.25) is 5.95 Å². The summed E-state index contributed by atoms with van der Waals surface area (Å²) in [6.45, 7) is 0.642. The maximum atomic E-state index is 12.5. The molecule has 0 unspecified atom stereocenters. The summed E-state index contributed by atoms with van der Waals surface area (Å²) in [6.07, 6.45) is 1.51. The lowest BCUT2D eigenvalue weighted by Gasteiger charge is -2.06. The molecular formula is C21H15Cl3N4O2S. The normalized spacial score (nSPS) is 10.8. The van der Waals surface area contributed by atoms with Gasteiger partial charge in [-0.3, -0.25) is 10.1 Å². The first-order valence-corrected chi connectivity index (χ1v) is 11.1. The van der Waals surface area contributed by atoms with Gasteiger partial charge in [0, 0.05) is 21.2 Å². The number of carbonyl (C=O) groups excluding carboxylic acids is 1. The smallest absolute Gasteiger partial charge is 0.268 e. The van der Waals surface area contributed by atoms with Gasteiger partial charge in [-0.05, 0) is 35.7 Å². The number of aromatic nitrogens is 3. The number of hydrogen-bond acceptors (Lipinski definition) is 5. The van der Waals surface area contributed by atoms with Crippen molar-refractivity contribution >= 4 is 58.0 Å². The summed E-state index contributed by atoms with van der Waals surface area (Å²) in [6, 6.07) is 14.3. The van der Waals surface area contributed by atoms with E-state index in [1.165, 1.54) is 17.7 Å². The van der Waals surface area contributed by atoms with Gasteiger partial charge in [-0.25, -0.2) is 9.67 Å². The van der Waals surface area contributed by atoms with Gasteiger partial charge in [0.15, 0.2) is 0 Å². The van der Waals surface area contributed by atoms with Crippen LogP contribution in [-0.2, 0) is 13.2 Å². The van der Waals surface area contributed by atoms with Gasteiger partial charge in [-0.1, -0.05) is 53.0 Å². The summed E-state index contributed by atoms with van der Waals surface area (Å²) in [4.78, 5) is 17.2. The molecule has 0 bridgehead atoms. The van der Waals surface area contributed by atoms with Crippen LogP contribution in [0.5, 0.6) is 5.75 Å². The van der Waals surface area contributed by atoms with Crippen LogP contribution in [0.15, 0.2) is 60.2 Å². The zero-order valence-corrected chi connectivity index (χ0v) is 19.0. The van der Waals surface area contributed by atoms with Crippen LogP contribution in [0.2, 0.25) is 15.1 Å². The molecule has 10 heteroatoms. The molecule has 0 atom stereocenters. The highest BCUT2D eigenvalue weighted by Crippen LogP contribution is 2.26. The van der Waals surface area contributed by atoms with E-state index in [1.54, 1.807) is 41.1 Å². The van der Waals surface area contributed by atoms with Crippen molar-refractivity contribution in [1.29, 1.82) is 0 Å². The Morgan fingerprint density at radius 1 is 1.06 bits per heavy atom. The fourth-order valence-corrected chi connectivity index (χ4v) is 4.23. The quantitative estimate of drug-likeness (QED) is 0.334. The van der Waals surface area contributed by atoms with Crippen molar-refractivity contribution in [3.63, 3.8) is 0 Å². The number of anilines is 1. The van der Waals surface area contributed by atoms with Gasteiger partial charge in [0.25, 0.3) is 5.91 Å². The first-order chi connectivity index (χ1) is 15.0. The van der Waals surface area contributed by atoms with Crippen molar-refractivity contribution in [2.45, 2.75) is 13.2 Å². The summed E-state index contributed by atoms with van der Waals surface area (Å²) < 4.78 is 7.26. The predicted molar refractivity (Wildman–Crippen MR) is 124 cm³/mol. The zero-order chi connectivity index (χ0) is 21.8. The number of halogens is 3. The van der Waals surface area contributed by atoms with E-state index < -0.39 is 0 Å². The highest BCUT2D eigenvalue weighted by atomic mass is 35.5. The number of benzene rings is 2. The van der Waals surface area contributed by atoms with E-state index in [2.05, 4.69) is 15.4 Å². The maximum absolute atomic E-state index is 12.5. The number of rotatable bonds is 7. The number of nitrogens with one attached hydrogen (secondary N) is 1. The number of nitrogens with zero attached hydrogens (tertiary/aromatic N) is 3. The van der Waals surface area contributed by atoms with E-state index in [0.29, 0.717) is 38.8 Å². The Morgan fingerprint density at radius 3 is 2.58 bits per heavy atom. The van der Waals surface area contributed by atoms with E-state index in [4.69, 9.17) is 39.5 Å². The van der Waals surface area contributed by atoms with Crippen molar-refractivity contribution in [1.82, 2.24) is 14.8 Å². The van der Waals surface area contributed by atoms with Gasteiger partial charge in [-0.15, -0.1) is 16.4 Å². The minimum absolute atomic E-state index is 0.190. The van der Waals surface area contributed by atoms with Crippen LogP contribution in [0.3, 0.4) is 0 Å². The lowest BCUT2D eigenvalue weighted by Crippen LogP contribution is -2.12. The number of thiophene rings is 1. The molecule has 0 fully saturated rings. The van der Waals surface area contributed by atoms with Crippen LogP contribution in [0.1, 0.15) is 20.8 Å². The first kappa shape index (κ1) is 21.6. The van der Waals surface area contributed by atoms with Crippen molar-refractivity contribution in [3.05, 3.63) is 91.3 Å². The molecule has 0 radical (unpaired) electrons. The van der Waals surface area contributed by atoms with Gasteiger partial charge in [0.05, 0.1) is 16.4 Å². The molecule has 4 aromatic rings. The minimum atomic E-state index is -0.303. The first-order valence-electron chi connectivity index (χ1n) is 9.08. The molecule has 0 spiro atoms. The number of carbonyl (C=O) groups is 1. The Morgan fingerprint density at radius 2 is 1.81 bits per heavy atom. The third kappa shape index (κ3) is 5.37. The Balaban J connectivity index is 1.36. The van der Waals surface area contributed by atoms with Gasteiger partial charge < -0.3 is 4.74 Å². The molecule has 6 nitrogen and oxygen atoms in total. The number of ether oxygens (including phenoxy) is 1. The lowest BCUT2D eigenvalue weighted by atomic mass is 10.2. The fraction of sp³-hybridized carbons (Fsp3) is 0.0952. The van der Waals surface area contributed by atoms with E-state index in [0.717, 1.165) is 11.1 Å². The average Bonchev–Trinajstić information content (AvgIpc) is 3.40. The molecule has 0 aliphatic rings. The summed E-state index contributed by atoms with van der Waals surface area (Å²) in [5.74, 6) is 0.479. The van der Waals surface area contributed by atoms with Crippen LogP contribution in [-0.4, -0.2) is 20.7 Å². The van der Waals surface area contributed by atoms with Crippen LogP contribution >= 0.6 is 46.1 Å². The zero-order valence-electron chi connectivity index (χ0n) is 15.9. The van der Waals surface area contributed by atoms with E-state index >= 15 is 0 Å². The maximum Gasteiger partial charge on any atom is 0.268 e. The summed E-state index contributed by atoms with van der Waals surface area (Å²) in [5.41, 5.74) is 1.59. The SMILES string of the molecule is O=C(Nc1ncn(Cc2c(Cl)cccc2Cl)n1)c1cc(COc2ccccc2Cl)cs1. The van der Waals surface area contributed by atoms with Crippen molar-refractivity contribution in [2.75, 3.05) is 5.32 Å². The Labute approximate surface area is 197 Å². The lowest BCUT2D eigenvalue weighted by molar-refractivity contribution is 0.102. The van der Waals surface area contributed by atoms with Gasteiger partial charge in [-0.2, -0.15) is 0 Å². The summed E-state index contributed by atoms with van der Waals surface area (Å²) in [7, 11) is 0. The van der Waals surface area contributed by atoms with Crippen molar-refractivity contribution in [3.8, 4) is 5.75 Å². The Kier molecular flexibility index (Phi) is 6.77. The standard InChI is InChI=1S/C21H15Cl3N4O2S/c22-15-5-3-6-16(23)14(15)9-28-12-25-21(27-28)26-20(29)19-8-13(11-31-19)10-30-18-7-2-1-4-17(18)24/h1-8,11-12H,9-10H2,(H,26,27,29). The third-order valence-electron chi connectivity index (χ3n) is 4.25. The average molecular weight is 494 g/mol. The third-order valence-corrected chi connectivity index (χ3v) is 6.25. The fourth-order valence-electron chi connectivity index (χ4n) is 2.73. The molecule has 158 valence electrons. The van der Waals surface area contributed by atoms with Crippen molar-refractivity contribution in [2.24, 2.45) is 0 Å². The second-order valence-electron chi connectivity index (χ2n) is 6.46. The van der Waals surface area contributed by atoms with E-state index in [-0.39, 0.29) is 11.9 Å². The van der Waals surface area contributed by atoms with E-state index in [1.807, 2.05) is 17.5 Å². The predicted octanol–water partition coefficient (Wildman–Crippen LogP) is 6.18. The van der Waals surface area contributed by atoms with E-state index in [9.17, 15) is 4.79 Å².